The highest BCUT2D eigenvalue weighted by Gasteiger charge is 2.35. The second-order valence-electron chi connectivity index (χ2n) is 7.88. The summed E-state index contributed by atoms with van der Waals surface area (Å²) in [5.74, 6) is -0.627. The first kappa shape index (κ1) is 23.1. The first-order valence-electron chi connectivity index (χ1n) is 10.8. The Kier molecular flexibility index (Phi) is 6.65. The molecule has 0 spiro atoms. The molecule has 174 valence electrons. The Morgan fingerprint density at radius 2 is 1.62 bits per heavy atom. The van der Waals surface area contributed by atoms with Crippen LogP contribution in [0.1, 0.15) is 48.9 Å². The number of ether oxygens (including phenoxy) is 2. The summed E-state index contributed by atoms with van der Waals surface area (Å²) in [6, 6.07) is 13.4. The molecule has 0 atom stereocenters. The van der Waals surface area contributed by atoms with Crippen LogP contribution in [-0.2, 0) is 4.74 Å². The second kappa shape index (κ2) is 9.80. The Balaban J connectivity index is 1.43. The average molecular weight is 460 g/mol. The van der Waals surface area contributed by atoms with E-state index >= 15 is 0 Å². The molecule has 3 aromatic rings. The van der Waals surface area contributed by atoms with Crippen LogP contribution in [0.2, 0.25) is 0 Å². The normalized spacial score (nSPS) is 12.6. The van der Waals surface area contributed by atoms with Gasteiger partial charge in [-0.1, -0.05) is 0 Å². The van der Waals surface area contributed by atoms with Gasteiger partial charge in [0.2, 0.25) is 0 Å². The van der Waals surface area contributed by atoms with Gasteiger partial charge >= 0.3 is 6.01 Å². The Labute approximate surface area is 196 Å². The monoisotopic (exact) mass is 460 g/mol. The van der Waals surface area contributed by atoms with Crippen molar-refractivity contribution >= 4 is 23.4 Å². The number of anilines is 1. The smallest absolute Gasteiger partial charge is 0.322 e. The van der Waals surface area contributed by atoms with Crippen LogP contribution in [0.5, 0.6) is 11.8 Å². The van der Waals surface area contributed by atoms with Crippen molar-refractivity contribution in [1.82, 2.24) is 14.9 Å². The summed E-state index contributed by atoms with van der Waals surface area (Å²) in [4.78, 5) is 47.6. The second-order valence-corrected chi connectivity index (χ2v) is 7.88. The predicted octanol–water partition coefficient (Wildman–Crippen LogP) is 3.77. The lowest BCUT2D eigenvalue weighted by Crippen LogP contribution is -2.31. The molecule has 0 aliphatic carbocycles. The maximum atomic E-state index is 12.8. The predicted molar refractivity (Wildman–Crippen MR) is 124 cm³/mol. The van der Waals surface area contributed by atoms with Crippen LogP contribution in [0, 0.1) is 13.8 Å². The number of aromatic nitrogens is 2. The van der Waals surface area contributed by atoms with Crippen LogP contribution in [-0.4, -0.2) is 52.9 Å². The lowest BCUT2D eigenvalue weighted by molar-refractivity contribution is 0.0638. The van der Waals surface area contributed by atoms with Gasteiger partial charge in [0.25, 0.3) is 17.7 Å². The maximum absolute atomic E-state index is 12.8. The fourth-order valence-electron chi connectivity index (χ4n) is 3.66. The van der Waals surface area contributed by atoms with Crippen LogP contribution >= 0.6 is 0 Å². The van der Waals surface area contributed by atoms with Gasteiger partial charge in [0.05, 0.1) is 11.1 Å². The lowest BCUT2D eigenvalue weighted by atomic mass is 10.1. The Hall–Kier alpha value is -4.11. The molecule has 1 aliphatic heterocycles. The summed E-state index contributed by atoms with van der Waals surface area (Å²) in [6.45, 7) is 4.44. The molecular weight excluding hydrogens is 436 g/mol. The molecule has 9 nitrogen and oxygen atoms in total. The highest BCUT2D eigenvalue weighted by molar-refractivity contribution is 6.22. The van der Waals surface area contributed by atoms with Crippen molar-refractivity contribution in [2.45, 2.75) is 20.3 Å². The molecule has 0 saturated heterocycles. The SMILES string of the molecule is COCCCN1C(=O)c2ccc(C(=O)Nc3ccc(Oc4nc(C)cc(C)n4)cc3)cc2C1=O. The molecule has 0 unspecified atom stereocenters. The van der Waals surface area contributed by atoms with Gasteiger partial charge < -0.3 is 14.8 Å². The van der Waals surface area contributed by atoms with E-state index in [4.69, 9.17) is 9.47 Å². The van der Waals surface area contributed by atoms with E-state index in [0.29, 0.717) is 30.0 Å². The van der Waals surface area contributed by atoms with Crippen molar-refractivity contribution < 1.29 is 23.9 Å². The van der Waals surface area contributed by atoms with Crippen molar-refractivity contribution in [2.75, 3.05) is 25.6 Å². The average Bonchev–Trinajstić information content (AvgIpc) is 3.04. The molecule has 1 N–H and O–H groups in total. The third-order valence-electron chi connectivity index (χ3n) is 5.25. The van der Waals surface area contributed by atoms with Crippen molar-refractivity contribution in [1.29, 1.82) is 0 Å². The molecular formula is C25H24N4O5. The summed E-state index contributed by atoms with van der Waals surface area (Å²) < 4.78 is 10.7. The van der Waals surface area contributed by atoms with Crippen LogP contribution < -0.4 is 10.1 Å². The number of hydrogen-bond acceptors (Lipinski definition) is 7. The number of carbonyl (C=O) groups is 3. The van der Waals surface area contributed by atoms with Crippen LogP contribution in [0.15, 0.2) is 48.5 Å². The fraction of sp³-hybridized carbons (Fsp3) is 0.240. The van der Waals surface area contributed by atoms with E-state index in [9.17, 15) is 14.4 Å². The summed E-state index contributed by atoms with van der Waals surface area (Å²) in [6.07, 6.45) is 0.546. The number of benzene rings is 2. The zero-order valence-corrected chi connectivity index (χ0v) is 19.1. The van der Waals surface area contributed by atoms with Gasteiger partial charge in [-0.15, -0.1) is 0 Å². The highest BCUT2D eigenvalue weighted by atomic mass is 16.5. The minimum Gasteiger partial charge on any atom is -0.424 e. The molecule has 2 heterocycles. The molecule has 0 bridgehead atoms. The summed E-state index contributed by atoms with van der Waals surface area (Å²) in [5, 5.41) is 2.79. The molecule has 34 heavy (non-hydrogen) atoms. The number of rotatable bonds is 8. The molecule has 0 radical (unpaired) electrons. The summed E-state index contributed by atoms with van der Waals surface area (Å²) >= 11 is 0. The maximum Gasteiger partial charge on any atom is 0.322 e. The fourth-order valence-corrected chi connectivity index (χ4v) is 3.66. The van der Waals surface area contributed by atoms with Crippen LogP contribution in [0.4, 0.5) is 5.69 Å². The number of imide groups is 1. The lowest BCUT2D eigenvalue weighted by Gasteiger charge is -2.12. The summed E-state index contributed by atoms with van der Waals surface area (Å²) in [7, 11) is 1.56. The zero-order valence-electron chi connectivity index (χ0n) is 19.1. The van der Waals surface area contributed by atoms with E-state index in [-0.39, 0.29) is 29.6 Å². The molecule has 1 aliphatic rings. The minimum atomic E-state index is -0.402. The van der Waals surface area contributed by atoms with E-state index in [1.54, 1.807) is 31.4 Å². The van der Waals surface area contributed by atoms with Gasteiger partial charge in [-0.3, -0.25) is 19.3 Å². The Bertz CT molecular complexity index is 1240. The number of carbonyl (C=O) groups excluding carboxylic acids is 3. The minimum absolute atomic E-state index is 0.229. The largest absolute Gasteiger partial charge is 0.424 e. The standard InChI is InChI=1S/C25H24N4O5/c1-15-13-16(2)27-25(26-15)34-19-8-6-18(7-9-19)28-22(30)17-5-10-20-21(14-17)24(32)29(23(20)31)11-4-12-33-3/h5-10,13-14H,4,11-12H2,1-3H3,(H,28,30). The topological polar surface area (TPSA) is 111 Å². The third-order valence-corrected chi connectivity index (χ3v) is 5.25. The third kappa shape index (κ3) is 4.94. The van der Waals surface area contributed by atoms with Crippen molar-refractivity contribution in [2.24, 2.45) is 0 Å². The Morgan fingerprint density at radius 1 is 0.941 bits per heavy atom. The van der Waals surface area contributed by atoms with E-state index < -0.39 is 11.8 Å². The van der Waals surface area contributed by atoms with Gasteiger partial charge in [0.15, 0.2) is 0 Å². The van der Waals surface area contributed by atoms with Gasteiger partial charge in [0, 0.05) is 42.9 Å². The number of nitrogens with zero attached hydrogens (tertiary/aromatic N) is 3. The molecule has 0 fully saturated rings. The van der Waals surface area contributed by atoms with Crippen LogP contribution in [0.25, 0.3) is 0 Å². The number of fused-ring (bicyclic) bond motifs is 1. The van der Waals surface area contributed by atoms with Crippen LogP contribution in [0.3, 0.4) is 0 Å². The van der Waals surface area contributed by atoms with E-state index in [2.05, 4.69) is 15.3 Å². The van der Waals surface area contributed by atoms with Gasteiger partial charge in [-0.25, -0.2) is 9.97 Å². The highest BCUT2D eigenvalue weighted by Crippen LogP contribution is 2.25. The molecule has 0 saturated carbocycles. The molecule has 2 aromatic carbocycles. The molecule has 9 heteroatoms. The molecule has 1 aromatic heterocycles. The van der Waals surface area contributed by atoms with Crippen molar-refractivity contribution in [3.8, 4) is 11.8 Å². The summed E-state index contributed by atoms with van der Waals surface area (Å²) in [5.41, 5.74) is 2.96. The van der Waals surface area contributed by atoms with E-state index in [1.165, 1.54) is 23.1 Å². The van der Waals surface area contributed by atoms with Gasteiger partial charge in [-0.2, -0.15) is 0 Å². The van der Waals surface area contributed by atoms with Crippen molar-refractivity contribution in [3.05, 3.63) is 76.6 Å². The Morgan fingerprint density at radius 3 is 2.29 bits per heavy atom. The molecule has 3 amide bonds. The number of methoxy groups -OCH3 is 1. The first-order chi connectivity index (χ1) is 16.4. The van der Waals surface area contributed by atoms with E-state index in [1.807, 2.05) is 19.9 Å². The quantitative estimate of drug-likeness (QED) is 0.402. The zero-order chi connectivity index (χ0) is 24.2. The van der Waals surface area contributed by atoms with E-state index in [0.717, 1.165) is 11.4 Å². The van der Waals surface area contributed by atoms with Gasteiger partial charge in [-0.05, 0) is 68.8 Å². The van der Waals surface area contributed by atoms with Gasteiger partial charge in [0.1, 0.15) is 5.75 Å². The number of amides is 3. The number of nitrogens with one attached hydrogen (secondary N) is 1. The number of aryl methyl sites for hydroxylation is 2. The molecule has 4 rings (SSSR count). The number of hydrogen-bond donors (Lipinski definition) is 1. The van der Waals surface area contributed by atoms with Crippen molar-refractivity contribution in [3.63, 3.8) is 0 Å². The first-order valence-corrected chi connectivity index (χ1v) is 10.8.